The number of hydrogen-bond donors (Lipinski definition) is 2. The van der Waals surface area contributed by atoms with E-state index in [9.17, 15) is 0 Å². The summed E-state index contributed by atoms with van der Waals surface area (Å²) in [5.74, 6) is 0.868. The minimum atomic E-state index is 0. The Bertz CT molecular complexity index is 476. The van der Waals surface area contributed by atoms with Crippen LogP contribution in [0.3, 0.4) is 0 Å². The predicted molar refractivity (Wildman–Crippen MR) is 110 cm³/mol. The van der Waals surface area contributed by atoms with E-state index >= 15 is 0 Å². The lowest BCUT2D eigenvalue weighted by atomic mass is 10.1. The van der Waals surface area contributed by atoms with Crippen molar-refractivity contribution in [2.75, 3.05) is 26.7 Å². The zero-order valence-electron chi connectivity index (χ0n) is 14.8. The number of benzene rings is 1. The minimum absolute atomic E-state index is 0. The molecule has 1 unspecified atom stereocenters. The average molecular weight is 430 g/mol. The highest BCUT2D eigenvalue weighted by Gasteiger charge is 2.23. The number of hydrogen-bond acceptors (Lipinski definition) is 2. The maximum atomic E-state index is 4.34. The monoisotopic (exact) mass is 430 g/mol. The minimum Gasteiger partial charge on any atom is -0.354 e. The van der Waals surface area contributed by atoms with Gasteiger partial charge in [-0.1, -0.05) is 30.3 Å². The van der Waals surface area contributed by atoms with E-state index in [4.69, 9.17) is 0 Å². The molecule has 1 aliphatic rings. The molecule has 23 heavy (non-hydrogen) atoms. The number of nitrogens with one attached hydrogen (secondary N) is 2. The zero-order chi connectivity index (χ0) is 16.0. The molecule has 1 aromatic rings. The van der Waals surface area contributed by atoms with E-state index in [1.54, 1.807) is 0 Å². The molecule has 0 spiro atoms. The fraction of sp³-hybridized carbons (Fsp3) is 0.611. The van der Waals surface area contributed by atoms with Crippen molar-refractivity contribution in [1.29, 1.82) is 0 Å². The smallest absolute Gasteiger partial charge is 0.191 e. The molecule has 2 rings (SSSR count). The molecule has 0 bridgehead atoms. The van der Waals surface area contributed by atoms with Gasteiger partial charge in [0.25, 0.3) is 0 Å². The maximum Gasteiger partial charge on any atom is 0.191 e. The molecule has 4 nitrogen and oxygen atoms in total. The number of halogens is 1. The third-order valence-electron chi connectivity index (χ3n) is 3.95. The van der Waals surface area contributed by atoms with Gasteiger partial charge in [-0.05, 0) is 52.3 Å². The third-order valence-corrected chi connectivity index (χ3v) is 3.95. The molecule has 0 radical (unpaired) electrons. The van der Waals surface area contributed by atoms with Crippen LogP contribution in [-0.2, 0) is 0 Å². The molecular weight excluding hydrogens is 399 g/mol. The lowest BCUT2D eigenvalue weighted by molar-refractivity contribution is 0.245. The Labute approximate surface area is 158 Å². The van der Waals surface area contributed by atoms with Crippen molar-refractivity contribution in [2.45, 2.75) is 45.2 Å². The first-order valence-electron chi connectivity index (χ1n) is 8.27. The van der Waals surface area contributed by atoms with E-state index < -0.39 is 0 Å². The fourth-order valence-corrected chi connectivity index (χ4v) is 2.91. The normalized spacial score (nSPS) is 17.5. The summed E-state index contributed by atoms with van der Waals surface area (Å²) in [7, 11) is 1.83. The Morgan fingerprint density at radius 2 is 1.78 bits per heavy atom. The van der Waals surface area contributed by atoms with Crippen molar-refractivity contribution in [3.05, 3.63) is 35.9 Å². The summed E-state index contributed by atoms with van der Waals surface area (Å²) in [5, 5.41) is 6.92. The van der Waals surface area contributed by atoms with Gasteiger partial charge in [0.1, 0.15) is 0 Å². The van der Waals surface area contributed by atoms with Gasteiger partial charge >= 0.3 is 0 Å². The van der Waals surface area contributed by atoms with Crippen molar-refractivity contribution in [2.24, 2.45) is 4.99 Å². The van der Waals surface area contributed by atoms with Gasteiger partial charge in [-0.15, -0.1) is 24.0 Å². The van der Waals surface area contributed by atoms with Crippen LogP contribution >= 0.6 is 24.0 Å². The van der Waals surface area contributed by atoms with E-state index in [2.05, 4.69) is 71.6 Å². The van der Waals surface area contributed by atoms with Gasteiger partial charge in [-0.3, -0.25) is 9.89 Å². The number of guanidine groups is 1. The first kappa shape index (κ1) is 20.2. The summed E-state index contributed by atoms with van der Waals surface area (Å²) < 4.78 is 0. The van der Waals surface area contributed by atoms with Crippen molar-refractivity contribution >= 4 is 29.9 Å². The van der Waals surface area contributed by atoms with E-state index in [0.29, 0.717) is 6.04 Å². The Hall–Kier alpha value is -0.820. The van der Waals surface area contributed by atoms with Gasteiger partial charge in [0.15, 0.2) is 5.96 Å². The van der Waals surface area contributed by atoms with Crippen LogP contribution in [0.5, 0.6) is 0 Å². The Morgan fingerprint density at radius 3 is 2.30 bits per heavy atom. The summed E-state index contributed by atoms with van der Waals surface area (Å²) in [6.45, 7) is 9.69. The summed E-state index contributed by atoms with van der Waals surface area (Å²) >= 11 is 0. The van der Waals surface area contributed by atoms with Gasteiger partial charge in [-0.25, -0.2) is 0 Å². The van der Waals surface area contributed by atoms with Gasteiger partial charge < -0.3 is 10.6 Å². The quantitative estimate of drug-likeness (QED) is 0.437. The second-order valence-corrected chi connectivity index (χ2v) is 7.00. The molecular formula is C18H31IN4. The van der Waals surface area contributed by atoms with Gasteiger partial charge in [0.2, 0.25) is 0 Å². The van der Waals surface area contributed by atoms with Crippen LogP contribution in [0, 0.1) is 0 Å². The Kier molecular flexibility index (Phi) is 8.33. The van der Waals surface area contributed by atoms with Crippen LogP contribution in [0.25, 0.3) is 0 Å². The van der Waals surface area contributed by atoms with Crippen molar-refractivity contribution < 1.29 is 0 Å². The number of rotatable bonds is 4. The molecule has 0 aliphatic carbocycles. The molecule has 0 aromatic heterocycles. The molecule has 1 fully saturated rings. The van der Waals surface area contributed by atoms with E-state index in [1.807, 2.05) is 7.05 Å². The van der Waals surface area contributed by atoms with E-state index in [0.717, 1.165) is 12.5 Å². The molecule has 1 heterocycles. The number of aliphatic imine (C=N–C) groups is 1. The van der Waals surface area contributed by atoms with Crippen LogP contribution < -0.4 is 10.6 Å². The summed E-state index contributed by atoms with van der Waals surface area (Å²) in [5.41, 5.74) is 1.39. The summed E-state index contributed by atoms with van der Waals surface area (Å²) in [6.07, 6.45) is 2.61. The molecule has 2 N–H and O–H groups in total. The summed E-state index contributed by atoms with van der Waals surface area (Å²) in [6, 6.07) is 11.2. The zero-order valence-corrected chi connectivity index (χ0v) is 17.1. The van der Waals surface area contributed by atoms with Gasteiger partial charge in [-0.2, -0.15) is 0 Å². The summed E-state index contributed by atoms with van der Waals surface area (Å²) in [4.78, 5) is 6.92. The molecule has 0 saturated carbocycles. The molecule has 0 amide bonds. The highest BCUT2D eigenvalue weighted by Crippen LogP contribution is 2.24. The second-order valence-electron chi connectivity index (χ2n) is 7.00. The van der Waals surface area contributed by atoms with Crippen molar-refractivity contribution in [3.8, 4) is 0 Å². The van der Waals surface area contributed by atoms with Gasteiger partial charge in [0, 0.05) is 19.1 Å². The average Bonchev–Trinajstić information content (AvgIpc) is 3.00. The Morgan fingerprint density at radius 1 is 1.17 bits per heavy atom. The fourth-order valence-electron chi connectivity index (χ4n) is 2.91. The first-order valence-corrected chi connectivity index (χ1v) is 8.27. The van der Waals surface area contributed by atoms with E-state index in [1.165, 1.54) is 31.5 Å². The van der Waals surface area contributed by atoms with Crippen LogP contribution in [0.4, 0.5) is 0 Å². The van der Waals surface area contributed by atoms with Crippen molar-refractivity contribution in [3.63, 3.8) is 0 Å². The molecule has 1 saturated heterocycles. The first-order chi connectivity index (χ1) is 10.5. The lowest BCUT2D eigenvalue weighted by Crippen LogP contribution is -2.49. The van der Waals surface area contributed by atoms with Crippen LogP contribution in [0.1, 0.15) is 45.2 Å². The van der Waals surface area contributed by atoms with Gasteiger partial charge in [0.05, 0.1) is 6.04 Å². The second kappa shape index (κ2) is 9.47. The highest BCUT2D eigenvalue weighted by molar-refractivity contribution is 14.0. The third kappa shape index (κ3) is 6.67. The molecule has 130 valence electrons. The SMILES string of the molecule is CN=C(NCC(c1ccccc1)N1CCCC1)NC(C)(C)C.I. The largest absolute Gasteiger partial charge is 0.354 e. The van der Waals surface area contributed by atoms with Crippen LogP contribution in [0.2, 0.25) is 0 Å². The predicted octanol–water partition coefficient (Wildman–Crippen LogP) is 3.41. The number of nitrogens with zero attached hydrogens (tertiary/aromatic N) is 2. The molecule has 1 aliphatic heterocycles. The standard InChI is InChI=1S/C18H30N4.HI/c1-18(2,3)21-17(19-4)20-14-16(22-12-8-9-13-22)15-10-6-5-7-11-15;/h5-7,10-11,16H,8-9,12-14H2,1-4H3,(H2,19,20,21);1H. The Balaban J connectivity index is 0.00000264. The highest BCUT2D eigenvalue weighted by atomic mass is 127. The maximum absolute atomic E-state index is 4.34. The topological polar surface area (TPSA) is 39.7 Å². The molecule has 1 aromatic carbocycles. The lowest BCUT2D eigenvalue weighted by Gasteiger charge is -2.30. The van der Waals surface area contributed by atoms with Crippen LogP contribution in [0.15, 0.2) is 35.3 Å². The molecule has 1 atom stereocenters. The molecule has 5 heteroatoms. The van der Waals surface area contributed by atoms with Crippen LogP contribution in [-0.4, -0.2) is 43.1 Å². The number of likely N-dealkylation sites (tertiary alicyclic amines) is 1. The van der Waals surface area contributed by atoms with Crippen molar-refractivity contribution in [1.82, 2.24) is 15.5 Å². The van der Waals surface area contributed by atoms with E-state index in [-0.39, 0.29) is 29.5 Å².